The largest absolute Gasteiger partial charge is 0.469 e. The molecule has 0 radical (unpaired) electrons. The molecule has 0 atom stereocenters. The van der Waals surface area contributed by atoms with Gasteiger partial charge in [-0.15, -0.1) is 0 Å². The van der Waals surface area contributed by atoms with Crippen molar-refractivity contribution in [3.63, 3.8) is 0 Å². The van der Waals surface area contributed by atoms with Gasteiger partial charge in [-0.2, -0.15) is 0 Å². The van der Waals surface area contributed by atoms with Crippen LogP contribution in [0.1, 0.15) is 15.9 Å². The molecule has 0 aromatic heterocycles. The molecule has 7 heteroatoms. The quantitative estimate of drug-likeness (QED) is 0.637. The molecule has 2 rings (SSSR count). The number of anilines is 3. The molecule has 0 unspecified atom stereocenters. The summed E-state index contributed by atoms with van der Waals surface area (Å²) in [6.45, 7) is 0. The van der Waals surface area contributed by atoms with Gasteiger partial charge in [0.25, 0.3) is 0 Å². The predicted octanol–water partition coefficient (Wildman–Crippen LogP) is 3.17. The fourth-order valence-corrected chi connectivity index (χ4v) is 2.30. The van der Waals surface area contributed by atoms with Gasteiger partial charge < -0.3 is 20.5 Å². The maximum Gasteiger partial charge on any atom is 0.339 e. The van der Waals surface area contributed by atoms with Gasteiger partial charge in [-0.25, -0.2) is 4.79 Å². The van der Waals surface area contributed by atoms with E-state index in [1.807, 2.05) is 0 Å². The number of benzene rings is 2. The third kappa shape index (κ3) is 4.17. The van der Waals surface area contributed by atoms with Crippen LogP contribution in [0.5, 0.6) is 0 Å². The number of carbonyl (C=O) groups excluding carboxylic acids is 2. The number of hydrogen-bond acceptors (Lipinski definition) is 6. The highest BCUT2D eigenvalue weighted by molar-refractivity contribution is 6.31. The zero-order valence-electron chi connectivity index (χ0n) is 13.3. The second kappa shape index (κ2) is 7.70. The summed E-state index contributed by atoms with van der Waals surface area (Å²) in [5.41, 5.74) is 8.56. The number of nitrogens with one attached hydrogen (secondary N) is 1. The molecule has 24 heavy (non-hydrogen) atoms. The maximum absolute atomic E-state index is 11.8. The van der Waals surface area contributed by atoms with E-state index in [2.05, 4.69) is 10.1 Å². The average molecular weight is 349 g/mol. The van der Waals surface area contributed by atoms with E-state index in [9.17, 15) is 9.59 Å². The van der Waals surface area contributed by atoms with E-state index in [1.54, 1.807) is 36.4 Å². The summed E-state index contributed by atoms with van der Waals surface area (Å²) in [4.78, 5) is 23.2. The first-order chi connectivity index (χ1) is 11.4. The minimum atomic E-state index is -0.491. The Morgan fingerprint density at radius 3 is 2.46 bits per heavy atom. The topological polar surface area (TPSA) is 90.6 Å². The van der Waals surface area contributed by atoms with Crippen LogP contribution in [0.15, 0.2) is 36.4 Å². The van der Waals surface area contributed by atoms with Crippen molar-refractivity contribution < 1.29 is 19.1 Å². The number of hydrogen-bond donors (Lipinski definition) is 2. The first kappa shape index (κ1) is 17.6. The van der Waals surface area contributed by atoms with Gasteiger partial charge in [0.05, 0.1) is 43.3 Å². The number of esters is 2. The first-order valence-electron chi connectivity index (χ1n) is 7.04. The van der Waals surface area contributed by atoms with Gasteiger partial charge in [-0.05, 0) is 35.9 Å². The van der Waals surface area contributed by atoms with Gasteiger partial charge in [0.1, 0.15) is 0 Å². The second-order valence-corrected chi connectivity index (χ2v) is 5.42. The lowest BCUT2D eigenvalue weighted by atomic mass is 10.1. The van der Waals surface area contributed by atoms with Crippen molar-refractivity contribution in [3.05, 3.63) is 52.5 Å². The van der Waals surface area contributed by atoms with E-state index in [1.165, 1.54) is 14.2 Å². The summed E-state index contributed by atoms with van der Waals surface area (Å²) < 4.78 is 9.38. The Balaban J connectivity index is 2.30. The van der Waals surface area contributed by atoms with Gasteiger partial charge >= 0.3 is 11.9 Å². The summed E-state index contributed by atoms with van der Waals surface area (Å²) in [7, 11) is 2.63. The van der Waals surface area contributed by atoms with Crippen LogP contribution in [0.25, 0.3) is 0 Å². The Labute approximate surface area is 144 Å². The normalized spacial score (nSPS) is 10.1. The van der Waals surface area contributed by atoms with Crippen molar-refractivity contribution in [2.45, 2.75) is 6.42 Å². The Kier molecular flexibility index (Phi) is 5.65. The van der Waals surface area contributed by atoms with Gasteiger partial charge in [0.15, 0.2) is 0 Å². The molecular weight excluding hydrogens is 332 g/mol. The van der Waals surface area contributed by atoms with Crippen molar-refractivity contribution >= 4 is 40.6 Å². The number of methoxy groups -OCH3 is 2. The van der Waals surface area contributed by atoms with Crippen LogP contribution in [0, 0.1) is 0 Å². The third-order valence-corrected chi connectivity index (χ3v) is 3.58. The molecule has 3 N–H and O–H groups in total. The molecule has 0 aliphatic carbocycles. The molecule has 0 fully saturated rings. The number of nitrogens with two attached hydrogens (primary N) is 1. The first-order valence-corrected chi connectivity index (χ1v) is 7.42. The van der Waals surface area contributed by atoms with Gasteiger partial charge in [0.2, 0.25) is 0 Å². The van der Waals surface area contributed by atoms with Gasteiger partial charge in [-0.1, -0.05) is 17.7 Å². The molecule has 2 aromatic rings. The molecule has 0 amide bonds. The lowest BCUT2D eigenvalue weighted by Gasteiger charge is -2.14. The van der Waals surface area contributed by atoms with E-state index >= 15 is 0 Å². The van der Waals surface area contributed by atoms with Crippen LogP contribution in [0.4, 0.5) is 17.1 Å². The minimum absolute atomic E-state index is 0.131. The summed E-state index contributed by atoms with van der Waals surface area (Å²) in [6, 6.07) is 9.91. The van der Waals surface area contributed by atoms with Crippen LogP contribution >= 0.6 is 11.6 Å². The molecule has 0 aliphatic rings. The fraction of sp³-hybridized carbons (Fsp3) is 0.176. The minimum Gasteiger partial charge on any atom is -0.469 e. The highest BCUT2D eigenvalue weighted by Crippen LogP contribution is 2.29. The van der Waals surface area contributed by atoms with Crippen molar-refractivity contribution in [1.82, 2.24) is 0 Å². The summed E-state index contributed by atoms with van der Waals surface area (Å²) in [5.74, 6) is -0.840. The number of rotatable bonds is 5. The number of ether oxygens (including phenoxy) is 2. The van der Waals surface area contributed by atoms with Crippen molar-refractivity contribution in [1.29, 1.82) is 0 Å². The zero-order valence-corrected chi connectivity index (χ0v) is 14.0. The summed E-state index contributed by atoms with van der Waals surface area (Å²) >= 11 is 5.99. The van der Waals surface area contributed by atoms with Crippen molar-refractivity contribution in [2.75, 3.05) is 25.3 Å². The van der Waals surface area contributed by atoms with Crippen LogP contribution in [-0.2, 0) is 20.7 Å². The van der Waals surface area contributed by atoms with Crippen molar-refractivity contribution in [2.24, 2.45) is 0 Å². The number of halogens is 1. The van der Waals surface area contributed by atoms with E-state index in [4.69, 9.17) is 22.1 Å². The van der Waals surface area contributed by atoms with E-state index < -0.39 is 5.97 Å². The third-order valence-electron chi connectivity index (χ3n) is 3.35. The molecule has 126 valence electrons. The van der Waals surface area contributed by atoms with Crippen LogP contribution < -0.4 is 11.1 Å². The lowest BCUT2D eigenvalue weighted by Crippen LogP contribution is -2.08. The molecule has 0 spiro atoms. The lowest BCUT2D eigenvalue weighted by molar-refractivity contribution is -0.139. The highest BCUT2D eigenvalue weighted by atomic mass is 35.5. The number of nitrogen functional groups attached to an aromatic ring is 1. The summed E-state index contributed by atoms with van der Waals surface area (Å²) in [5, 5.41) is 3.53. The van der Waals surface area contributed by atoms with Gasteiger partial charge in [0, 0.05) is 5.02 Å². The predicted molar refractivity (Wildman–Crippen MR) is 92.6 cm³/mol. The molecule has 0 saturated carbocycles. The highest BCUT2D eigenvalue weighted by Gasteiger charge is 2.14. The Morgan fingerprint density at radius 1 is 1.08 bits per heavy atom. The van der Waals surface area contributed by atoms with E-state index in [0.717, 1.165) is 5.56 Å². The van der Waals surface area contributed by atoms with Crippen molar-refractivity contribution in [3.8, 4) is 0 Å². The Morgan fingerprint density at radius 2 is 1.83 bits per heavy atom. The molecule has 0 heterocycles. The Bertz CT molecular complexity index is 777. The van der Waals surface area contributed by atoms with Crippen LogP contribution in [0.3, 0.4) is 0 Å². The SMILES string of the molecule is COC(=O)Cc1ccc(Nc2cc(Cl)ccc2C(=O)OC)c(N)c1. The smallest absolute Gasteiger partial charge is 0.339 e. The molecule has 6 nitrogen and oxygen atoms in total. The number of carbonyl (C=O) groups is 2. The molecule has 2 aromatic carbocycles. The molecular formula is C17H17ClN2O4. The monoisotopic (exact) mass is 348 g/mol. The fourth-order valence-electron chi connectivity index (χ4n) is 2.13. The maximum atomic E-state index is 11.8. The second-order valence-electron chi connectivity index (χ2n) is 4.98. The van der Waals surface area contributed by atoms with Crippen LogP contribution in [0.2, 0.25) is 5.02 Å². The molecule has 0 saturated heterocycles. The average Bonchev–Trinajstić information content (AvgIpc) is 2.56. The Hall–Kier alpha value is -2.73. The summed E-state index contributed by atoms with van der Waals surface area (Å²) in [6.07, 6.45) is 0.131. The van der Waals surface area contributed by atoms with E-state index in [0.29, 0.717) is 27.6 Å². The molecule has 0 bridgehead atoms. The molecule has 0 aliphatic heterocycles. The standard InChI is InChI=1S/C17H17ClN2O4/c1-23-16(21)8-10-3-6-14(13(19)7-10)20-15-9-11(18)4-5-12(15)17(22)24-2/h3-7,9,20H,8,19H2,1-2H3. The van der Waals surface area contributed by atoms with E-state index in [-0.39, 0.29) is 12.4 Å². The zero-order chi connectivity index (χ0) is 17.7. The van der Waals surface area contributed by atoms with Crippen LogP contribution in [-0.4, -0.2) is 26.2 Å². The van der Waals surface area contributed by atoms with Gasteiger partial charge in [-0.3, -0.25) is 4.79 Å².